The van der Waals surface area contributed by atoms with Gasteiger partial charge in [0.2, 0.25) is 0 Å². The largest absolute Gasteiger partial charge is 0.508 e. The van der Waals surface area contributed by atoms with Gasteiger partial charge in [0.15, 0.2) is 5.78 Å². The van der Waals surface area contributed by atoms with Gasteiger partial charge in [-0.2, -0.15) is 0 Å². The topological polar surface area (TPSA) is 107 Å². The average Bonchev–Trinajstić information content (AvgIpc) is 2.56. The van der Waals surface area contributed by atoms with Gasteiger partial charge in [0, 0.05) is 18.1 Å². The van der Waals surface area contributed by atoms with E-state index >= 15 is 0 Å². The Morgan fingerprint density at radius 2 is 1.85 bits per heavy atom. The van der Waals surface area contributed by atoms with Crippen LogP contribution in [0.2, 0.25) is 0 Å². The van der Waals surface area contributed by atoms with E-state index in [0.717, 1.165) is 0 Å². The number of fused-ring (bicyclic) bond motifs is 1. The van der Waals surface area contributed by atoms with Gasteiger partial charge in [0.25, 0.3) is 0 Å². The number of aromatic hydroxyl groups is 3. The lowest BCUT2D eigenvalue weighted by Crippen LogP contribution is -2.46. The van der Waals surface area contributed by atoms with E-state index in [0.29, 0.717) is 5.56 Å². The predicted octanol–water partition coefficient (Wildman–Crippen LogP) is 2.77. The monoisotopic (exact) mass is 356 g/mol. The van der Waals surface area contributed by atoms with Crippen molar-refractivity contribution in [3.05, 3.63) is 53.1 Å². The molecule has 136 valence electrons. The Morgan fingerprint density at radius 3 is 2.50 bits per heavy atom. The fourth-order valence-corrected chi connectivity index (χ4v) is 2.83. The van der Waals surface area contributed by atoms with E-state index in [2.05, 4.69) is 0 Å². The zero-order chi connectivity index (χ0) is 19.1. The number of rotatable bonds is 3. The second kappa shape index (κ2) is 6.38. The van der Waals surface area contributed by atoms with Gasteiger partial charge >= 0.3 is 0 Å². The summed E-state index contributed by atoms with van der Waals surface area (Å²) >= 11 is 0. The molecule has 0 unspecified atom stereocenters. The van der Waals surface area contributed by atoms with E-state index in [9.17, 15) is 25.2 Å². The molecule has 1 atom stereocenters. The molecule has 0 aromatic heterocycles. The van der Waals surface area contributed by atoms with Gasteiger partial charge in [-0.25, -0.2) is 0 Å². The number of aliphatic hydroxyl groups is 1. The van der Waals surface area contributed by atoms with Crippen molar-refractivity contribution < 1.29 is 30.0 Å². The Bertz CT molecular complexity index is 880. The molecule has 0 aliphatic carbocycles. The number of ketones is 1. The van der Waals surface area contributed by atoms with Crippen LogP contribution in [0.25, 0.3) is 6.08 Å². The van der Waals surface area contributed by atoms with Gasteiger partial charge in [0.1, 0.15) is 34.2 Å². The minimum absolute atomic E-state index is 0.108. The fraction of sp³-hybridized carbons (Fsp3) is 0.250. The van der Waals surface area contributed by atoms with Gasteiger partial charge < -0.3 is 25.2 Å². The maximum absolute atomic E-state index is 12.5. The summed E-state index contributed by atoms with van der Waals surface area (Å²) in [6.45, 7) is 3.41. The summed E-state index contributed by atoms with van der Waals surface area (Å²) in [6.07, 6.45) is 1.98. The lowest BCUT2D eigenvalue weighted by molar-refractivity contribution is -0.0418. The number of phenols is 3. The number of hydrogen-bond donors (Lipinski definition) is 4. The molecule has 4 N–H and O–H groups in total. The fourth-order valence-electron chi connectivity index (χ4n) is 2.83. The van der Waals surface area contributed by atoms with Crippen molar-refractivity contribution in [3.63, 3.8) is 0 Å². The minimum atomic E-state index is -0.865. The third-order valence-corrected chi connectivity index (χ3v) is 4.48. The molecule has 0 radical (unpaired) electrons. The van der Waals surface area contributed by atoms with Crippen LogP contribution in [-0.2, 0) is 6.42 Å². The van der Waals surface area contributed by atoms with Crippen molar-refractivity contribution in [1.29, 1.82) is 0 Å². The molecule has 3 rings (SSSR count). The van der Waals surface area contributed by atoms with Crippen molar-refractivity contribution in [2.75, 3.05) is 0 Å². The Kier molecular flexibility index (Phi) is 4.38. The standard InChI is InChI=1S/C20H20O6/c1-20(2)17(24)9-13-16(26-20)10-15(23)18(19(13)25)14(22)8-5-11-3-6-12(21)7-4-11/h3-8,10,17,21,23-25H,9H2,1-2H3/b8-5+/t17-/m1/s1. The van der Waals surface area contributed by atoms with E-state index in [1.54, 1.807) is 26.0 Å². The van der Waals surface area contributed by atoms with Crippen LogP contribution in [0.15, 0.2) is 36.4 Å². The van der Waals surface area contributed by atoms with E-state index < -0.39 is 29.0 Å². The SMILES string of the molecule is CC1(C)Oc2cc(O)c(C(=O)/C=C/c3ccc(O)cc3)c(O)c2C[C@H]1O. The van der Waals surface area contributed by atoms with E-state index in [1.165, 1.54) is 30.4 Å². The molecule has 0 fully saturated rings. The quantitative estimate of drug-likeness (QED) is 0.498. The number of allylic oxidation sites excluding steroid dienone is 1. The molecule has 0 saturated carbocycles. The molecule has 6 nitrogen and oxygen atoms in total. The third-order valence-electron chi connectivity index (χ3n) is 4.48. The molecule has 26 heavy (non-hydrogen) atoms. The molecule has 0 saturated heterocycles. The van der Waals surface area contributed by atoms with Crippen LogP contribution in [-0.4, -0.2) is 37.9 Å². The lowest BCUT2D eigenvalue weighted by Gasteiger charge is -2.37. The second-order valence-electron chi connectivity index (χ2n) is 6.81. The highest BCUT2D eigenvalue weighted by molar-refractivity contribution is 6.11. The van der Waals surface area contributed by atoms with Crippen molar-refractivity contribution >= 4 is 11.9 Å². The number of ether oxygens (including phenoxy) is 1. The van der Waals surface area contributed by atoms with Crippen LogP contribution in [0.3, 0.4) is 0 Å². The summed E-state index contributed by atoms with van der Waals surface area (Å²) < 4.78 is 5.65. The molecular weight excluding hydrogens is 336 g/mol. The van der Waals surface area contributed by atoms with Crippen molar-refractivity contribution in [2.24, 2.45) is 0 Å². The highest BCUT2D eigenvalue weighted by atomic mass is 16.5. The summed E-state index contributed by atoms with van der Waals surface area (Å²) in [4.78, 5) is 12.5. The highest BCUT2D eigenvalue weighted by Gasteiger charge is 2.38. The first-order valence-corrected chi connectivity index (χ1v) is 8.15. The Balaban J connectivity index is 1.94. The van der Waals surface area contributed by atoms with Crippen LogP contribution < -0.4 is 4.74 Å². The first-order chi connectivity index (χ1) is 12.2. The van der Waals surface area contributed by atoms with Crippen LogP contribution in [0.1, 0.15) is 35.3 Å². The summed E-state index contributed by atoms with van der Waals surface area (Å²) in [6, 6.07) is 7.50. The van der Waals surface area contributed by atoms with Crippen molar-refractivity contribution in [1.82, 2.24) is 0 Å². The summed E-state index contributed by atoms with van der Waals surface area (Å²) in [5.74, 6) is -1.02. The van der Waals surface area contributed by atoms with Crippen LogP contribution in [0.4, 0.5) is 0 Å². The molecule has 0 bridgehead atoms. The Labute approximate surface area is 150 Å². The second-order valence-corrected chi connectivity index (χ2v) is 6.81. The van der Waals surface area contributed by atoms with Crippen LogP contribution >= 0.6 is 0 Å². The molecule has 1 aliphatic rings. The van der Waals surface area contributed by atoms with Gasteiger partial charge in [-0.05, 0) is 37.6 Å². The first kappa shape index (κ1) is 17.8. The summed E-state index contributed by atoms with van der Waals surface area (Å²) in [5.41, 5.74) is -0.144. The number of phenolic OH excluding ortho intramolecular Hbond substituents is 3. The Morgan fingerprint density at radius 1 is 1.19 bits per heavy atom. The summed E-state index contributed by atoms with van der Waals surface area (Å²) in [7, 11) is 0. The molecule has 2 aromatic rings. The number of hydrogen-bond acceptors (Lipinski definition) is 6. The zero-order valence-corrected chi connectivity index (χ0v) is 14.4. The van der Waals surface area contributed by atoms with Crippen molar-refractivity contribution in [3.8, 4) is 23.0 Å². The number of aliphatic hydroxyl groups excluding tert-OH is 1. The smallest absolute Gasteiger partial charge is 0.193 e. The summed E-state index contributed by atoms with van der Waals surface area (Å²) in [5, 5.41) is 40.1. The zero-order valence-electron chi connectivity index (χ0n) is 14.4. The molecule has 1 aliphatic heterocycles. The molecular formula is C20H20O6. The van der Waals surface area contributed by atoms with Gasteiger partial charge in [-0.1, -0.05) is 18.2 Å². The van der Waals surface area contributed by atoms with E-state index in [4.69, 9.17) is 4.74 Å². The van der Waals surface area contributed by atoms with Crippen LogP contribution in [0, 0.1) is 0 Å². The maximum Gasteiger partial charge on any atom is 0.193 e. The molecule has 1 heterocycles. The lowest BCUT2D eigenvalue weighted by atomic mass is 9.89. The van der Waals surface area contributed by atoms with Crippen LogP contribution in [0.5, 0.6) is 23.0 Å². The Hall–Kier alpha value is -2.99. The average molecular weight is 356 g/mol. The maximum atomic E-state index is 12.5. The number of carbonyl (C=O) groups excluding carboxylic acids is 1. The van der Waals surface area contributed by atoms with Gasteiger partial charge in [-0.15, -0.1) is 0 Å². The normalized spacial score (nSPS) is 18.3. The number of carbonyl (C=O) groups is 1. The molecule has 0 spiro atoms. The van der Waals surface area contributed by atoms with Crippen molar-refractivity contribution in [2.45, 2.75) is 32.0 Å². The third kappa shape index (κ3) is 3.23. The highest BCUT2D eigenvalue weighted by Crippen LogP contribution is 2.44. The van der Waals surface area contributed by atoms with Gasteiger partial charge in [0.05, 0.1) is 6.10 Å². The molecule has 0 amide bonds. The van der Waals surface area contributed by atoms with E-state index in [1.807, 2.05) is 0 Å². The number of benzene rings is 2. The first-order valence-electron chi connectivity index (χ1n) is 8.15. The minimum Gasteiger partial charge on any atom is -0.508 e. The van der Waals surface area contributed by atoms with Gasteiger partial charge in [-0.3, -0.25) is 4.79 Å². The molecule has 2 aromatic carbocycles. The van der Waals surface area contributed by atoms with E-state index in [-0.39, 0.29) is 29.0 Å². The predicted molar refractivity (Wildman–Crippen MR) is 95.7 cm³/mol. The molecule has 6 heteroatoms.